The predicted molar refractivity (Wildman–Crippen MR) is 137 cm³/mol. The Morgan fingerprint density at radius 3 is 2.61 bits per heavy atom. The molecule has 13 heteroatoms. The first-order valence-corrected chi connectivity index (χ1v) is 11.9. The topological polar surface area (TPSA) is 130 Å². The van der Waals surface area contributed by atoms with Gasteiger partial charge in [0.25, 0.3) is 5.91 Å². The minimum Gasteiger partial charge on any atom is -0.496 e. The summed E-state index contributed by atoms with van der Waals surface area (Å²) < 4.78 is 37.9. The summed E-state index contributed by atoms with van der Waals surface area (Å²) in [6.07, 6.45) is 0. The highest BCUT2D eigenvalue weighted by molar-refractivity contribution is 6.32. The summed E-state index contributed by atoms with van der Waals surface area (Å²) in [7, 11) is 2.84. The van der Waals surface area contributed by atoms with Crippen LogP contribution in [0, 0.1) is 12.7 Å². The van der Waals surface area contributed by atoms with Gasteiger partial charge in [-0.2, -0.15) is 4.98 Å². The number of nitrogens with one attached hydrogen (secondary N) is 2. The molecule has 0 atom stereocenters. The van der Waals surface area contributed by atoms with Crippen LogP contribution in [0.15, 0.2) is 35.1 Å². The Balaban J connectivity index is 1.82. The van der Waals surface area contributed by atoms with Crippen molar-refractivity contribution in [3.8, 4) is 28.8 Å². The van der Waals surface area contributed by atoms with Gasteiger partial charge in [0.15, 0.2) is 23.8 Å². The number of nitrogens with zero attached hydrogens (tertiary/aromatic N) is 3. The second-order valence-corrected chi connectivity index (χ2v) is 8.35. The van der Waals surface area contributed by atoms with Crippen molar-refractivity contribution in [3.63, 3.8) is 0 Å². The molecular weight excluding hydrogens is 521 g/mol. The van der Waals surface area contributed by atoms with Crippen LogP contribution in [-0.2, 0) is 11.4 Å². The fourth-order valence-corrected chi connectivity index (χ4v) is 4.01. The van der Waals surface area contributed by atoms with Crippen LogP contribution in [0.4, 0.5) is 4.39 Å². The molecule has 0 saturated heterocycles. The van der Waals surface area contributed by atoms with Crippen molar-refractivity contribution in [2.75, 3.05) is 27.4 Å². The van der Waals surface area contributed by atoms with Crippen LogP contribution in [0.1, 0.15) is 18.3 Å². The quantitative estimate of drug-likeness (QED) is 0.310. The number of aromatic nitrogens is 4. The van der Waals surface area contributed by atoms with E-state index in [-0.39, 0.29) is 69.7 Å². The molecule has 0 aliphatic rings. The van der Waals surface area contributed by atoms with Crippen LogP contribution in [0.2, 0.25) is 5.02 Å². The lowest BCUT2D eigenvalue weighted by Crippen LogP contribution is -2.28. The van der Waals surface area contributed by atoms with Gasteiger partial charge in [0.2, 0.25) is 5.88 Å². The van der Waals surface area contributed by atoms with Gasteiger partial charge in [0.1, 0.15) is 29.5 Å². The molecule has 2 aromatic carbocycles. The average molecular weight is 546 g/mol. The molecule has 0 bridgehead atoms. The van der Waals surface area contributed by atoms with E-state index in [9.17, 15) is 14.0 Å². The Morgan fingerprint density at radius 1 is 1.13 bits per heavy atom. The third-order valence-corrected chi connectivity index (χ3v) is 5.77. The SMILES string of the molecule is CCNC(=O)COc1cc(Cl)c(-n2c(=O)[nH]c3c(OC)nc(C)nc32)cc1OCc1c(F)cccc1OC. The number of aromatic amines is 1. The normalized spacial score (nSPS) is 10.9. The Hall–Kier alpha value is -4.32. The van der Waals surface area contributed by atoms with Crippen LogP contribution in [0.3, 0.4) is 0 Å². The van der Waals surface area contributed by atoms with Crippen molar-refractivity contribution in [3.05, 3.63) is 63.0 Å². The summed E-state index contributed by atoms with van der Waals surface area (Å²) in [6.45, 7) is 3.29. The average Bonchev–Trinajstić information content (AvgIpc) is 3.22. The van der Waals surface area contributed by atoms with Gasteiger partial charge in [0.05, 0.1) is 30.5 Å². The van der Waals surface area contributed by atoms with Gasteiger partial charge in [-0.3, -0.25) is 9.78 Å². The number of halogens is 2. The number of hydrogen-bond acceptors (Lipinski definition) is 8. The van der Waals surface area contributed by atoms with E-state index in [0.29, 0.717) is 12.4 Å². The molecule has 1 amide bonds. The van der Waals surface area contributed by atoms with Crippen molar-refractivity contribution in [1.82, 2.24) is 24.8 Å². The van der Waals surface area contributed by atoms with Crippen molar-refractivity contribution in [2.24, 2.45) is 0 Å². The molecule has 4 rings (SSSR count). The van der Waals surface area contributed by atoms with E-state index >= 15 is 0 Å². The molecule has 2 N–H and O–H groups in total. The lowest BCUT2D eigenvalue weighted by molar-refractivity contribution is -0.123. The molecule has 200 valence electrons. The van der Waals surface area contributed by atoms with E-state index in [1.807, 2.05) is 0 Å². The Morgan fingerprint density at radius 2 is 1.89 bits per heavy atom. The number of amides is 1. The van der Waals surface area contributed by atoms with Crippen molar-refractivity contribution < 1.29 is 28.1 Å². The number of hydrogen-bond donors (Lipinski definition) is 2. The Bertz CT molecular complexity index is 1550. The maximum absolute atomic E-state index is 14.5. The molecule has 0 saturated carbocycles. The predicted octanol–water partition coefficient (Wildman–Crippen LogP) is 3.32. The number of carbonyl (C=O) groups excluding carboxylic acids is 1. The number of rotatable bonds is 10. The van der Waals surface area contributed by atoms with Crippen LogP contribution in [-0.4, -0.2) is 52.8 Å². The number of imidazole rings is 1. The number of methoxy groups -OCH3 is 2. The molecule has 4 aromatic rings. The van der Waals surface area contributed by atoms with Crippen molar-refractivity contribution in [1.29, 1.82) is 0 Å². The van der Waals surface area contributed by atoms with E-state index in [1.165, 1.54) is 43.1 Å². The first-order valence-electron chi connectivity index (χ1n) is 11.5. The summed E-state index contributed by atoms with van der Waals surface area (Å²) in [5, 5.41) is 2.73. The molecule has 0 radical (unpaired) electrons. The number of carbonyl (C=O) groups is 1. The number of H-pyrrole nitrogens is 1. The zero-order valence-electron chi connectivity index (χ0n) is 21.1. The summed E-state index contributed by atoms with van der Waals surface area (Å²) in [5.74, 6) is 0.149. The van der Waals surface area contributed by atoms with Gasteiger partial charge in [-0.05, 0) is 26.0 Å². The number of ether oxygens (including phenoxy) is 4. The fraction of sp³-hybridized carbons (Fsp3) is 0.280. The van der Waals surface area contributed by atoms with Gasteiger partial charge in [0, 0.05) is 18.7 Å². The molecule has 2 aromatic heterocycles. The molecular formula is C25H25ClFN5O6. The molecule has 0 unspecified atom stereocenters. The maximum Gasteiger partial charge on any atom is 0.332 e. The minimum atomic E-state index is -0.558. The third-order valence-electron chi connectivity index (χ3n) is 5.46. The lowest BCUT2D eigenvalue weighted by atomic mass is 10.2. The highest BCUT2D eigenvalue weighted by Crippen LogP contribution is 2.37. The third kappa shape index (κ3) is 5.35. The van der Waals surface area contributed by atoms with Crippen molar-refractivity contribution >= 4 is 28.7 Å². The van der Waals surface area contributed by atoms with Crippen LogP contribution < -0.4 is 30.0 Å². The molecule has 0 spiro atoms. The van der Waals surface area contributed by atoms with Gasteiger partial charge >= 0.3 is 5.69 Å². The van der Waals surface area contributed by atoms with Crippen LogP contribution in [0.25, 0.3) is 16.9 Å². The molecule has 0 aliphatic heterocycles. The second kappa shape index (κ2) is 11.4. The van der Waals surface area contributed by atoms with Crippen LogP contribution in [0.5, 0.6) is 23.1 Å². The molecule has 11 nitrogen and oxygen atoms in total. The zero-order valence-corrected chi connectivity index (χ0v) is 21.8. The number of likely N-dealkylation sites (N-methyl/N-ethyl adjacent to an activating group) is 1. The smallest absolute Gasteiger partial charge is 0.332 e. The van der Waals surface area contributed by atoms with E-state index in [0.717, 1.165) is 0 Å². The van der Waals surface area contributed by atoms with Gasteiger partial charge < -0.3 is 24.3 Å². The molecule has 2 heterocycles. The second-order valence-electron chi connectivity index (χ2n) is 7.95. The van der Waals surface area contributed by atoms with Gasteiger partial charge in [-0.15, -0.1) is 0 Å². The summed E-state index contributed by atoms with van der Waals surface area (Å²) in [4.78, 5) is 36.2. The standard InChI is InChI=1S/C25H25ClFN5O6/c1-5-28-21(33)12-38-19-9-15(26)17(10-20(19)37-11-14-16(27)7-6-8-18(14)35-3)32-23-22(31-25(32)34)24(36-4)30-13(2)29-23/h6-10H,5,11-12H2,1-4H3,(H,28,33)(H,31,34). The Labute approximate surface area is 221 Å². The Kier molecular flexibility index (Phi) is 8.01. The fourth-order valence-electron chi connectivity index (χ4n) is 3.77. The highest BCUT2D eigenvalue weighted by atomic mass is 35.5. The van der Waals surface area contributed by atoms with Gasteiger partial charge in [-0.1, -0.05) is 17.7 Å². The van der Waals surface area contributed by atoms with Gasteiger partial charge in [-0.25, -0.2) is 18.7 Å². The number of benzene rings is 2. The first kappa shape index (κ1) is 26.7. The lowest BCUT2D eigenvalue weighted by Gasteiger charge is -2.17. The first-order chi connectivity index (χ1) is 18.3. The largest absolute Gasteiger partial charge is 0.496 e. The van der Waals surface area contributed by atoms with Crippen LogP contribution >= 0.6 is 11.6 Å². The highest BCUT2D eigenvalue weighted by Gasteiger charge is 2.21. The summed E-state index contributed by atoms with van der Waals surface area (Å²) in [6, 6.07) is 7.24. The monoisotopic (exact) mass is 545 g/mol. The van der Waals surface area contributed by atoms with E-state index in [4.69, 9.17) is 30.5 Å². The summed E-state index contributed by atoms with van der Waals surface area (Å²) >= 11 is 6.58. The molecule has 0 fully saturated rings. The molecule has 38 heavy (non-hydrogen) atoms. The van der Waals surface area contributed by atoms with Crippen molar-refractivity contribution in [2.45, 2.75) is 20.5 Å². The minimum absolute atomic E-state index is 0.0954. The number of aryl methyl sites for hydroxylation is 1. The number of fused-ring (bicyclic) bond motifs is 1. The maximum atomic E-state index is 14.5. The van der Waals surface area contributed by atoms with E-state index < -0.39 is 11.5 Å². The van der Waals surface area contributed by atoms with E-state index in [2.05, 4.69) is 20.3 Å². The zero-order chi connectivity index (χ0) is 27.4. The summed E-state index contributed by atoms with van der Waals surface area (Å²) in [5.41, 5.74) is 0.300. The van der Waals surface area contributed by atoms with E-state index in [1.54, 1.807) is 19.9 Å². The molecule has 0 aliphatic carbocycles.